The fourth-order valence-electron chi connectivity index (χ4n) is 0.524. The zero-order chi connectivity index (χ0) is 15.3. The fraction of sp³-hybridized carbons (Fsp3) is 0.200. The van der Waals surface area contributed by atoms with Crippen LogP contribution in [0.1, 0.15) is 18.7 Å². The predicted molar refractivity (Wildman–Crippen MR) is 73.2 cm³/mol. The quantitative estimate of drug-likeness (QED) is 0.261. The van der Waals surface area contributed by atoms with Crippen LogP contribution >= 0.6 is 23.6 Å². The molecule has 1 heterocycles. The van der Waals surface area contributed by atoms with Gasteiger partial charge in [-0.2, -0.15) is 5.10 Å². The second kappa shape index (κ2) is 15.7. The third-order valence-corrected chi connectivity index (χ3v) is 1.81. The Morgan fingerprint density at radius 3 is 2.15 bits per heavy atom. The van der Waals surface area contributed by atoms with Crippen LogP contribution in [0.15, 0.2) is 22.6 Å². The van der Waals surface area contributed by atoms with E-state index < -0.39 is 11.9 Å². The normalized spacial score (nSPS) is 8.10. The van der Waals surface area contributed by atoms with Crippen molar-refractivity contribution in [1.29, 1.82) is 0 Å². The molecular weight excluding hydrogens is 397 g/mol. The Bertz CT molecular complexity index is 404. The summed E-state index contributed by atoms with van der Waals surface area (Å²) in [6.45, 7) is 1.94. The second-order valence-corrected chi connectivity index (χ2v) is 4.15. The van der Waals surface area contributed by atoms with Gasteiger partial charge >= 0.3 is 20.4 Å². The monoisotopic (exact) mass is 409 g/mol. The number of thiocarbonyl (C=S) groups is 1. The maximum absolute atomic E-state index is 8.89. The molecule has 10 heteroatoms. The minimum atomic E-state index is -1.08. The first kappa shape index (κ1) is 23.7. The molecule has 114 valence electrons. The molecule has 7 nitrogen and oxygen atoms in total. The van der Waals surface area contributed by atoms with Crippen LogP contribution in [0.5, 0.6) is 0 Å². The van der Waals surface area contributed by atoms with E-state index in [0.717, 1.165) is 18.7 Å². The maximum atomic E-state index is 8.89. The van der Waals surface area contributed by atoms with Crippen molar-refractivity contribution in [1.82, 2.24) is 5.43 Å². The van der Waals surface area contributed by atoms with E-state index in [1.807, 2.05) is 17.5 Å². The summed E-state index contributed by atoms with van der Waals surface area (Å²) in [5.74, 6) is -2.17. The molecular formula is C10H13N3O4PdS2. The smallest absolute Gasteiger partial charge is 0.550 e. The molecule has 1 rings (SSSR count). The number of hydrazone groups is 1. The summed E-state index contributed by atoms with van der Waals surface area (Å²) < 4.78 is 0. The fourth-order valence-corrected chi connectivity index (χ4v) is 1.16. The molecule has 20 heavy (non-hydrogen) atoms. The van der Waals surface area contributed by atoms with Gasteiger partial charge in [-0.1, -0.05) is 6.07 Å². The number of thiophene rings is 1. The molecule has 0 saturated carbocycles. The van der Waals surface area contributed by atoms with Gasteiger partial charge in [0.25, 0.3) is 0 Å². The number of rotatable bonds is 2. The van der Waals surface area contributed by atoms with Crippen LogP contribution in [0.3, 0.4) is 0 Å². The van der Waals surface area contributed by atoms with E-state index in [2.05, 4.69) is 22.7 Å². The zero-order valence-corrected chi connectivity index (χ0v) is 13.8. The van der Waals surface area contributed by atoms with Gasteiger partial charge in [0.15, 0.2) is 5.11 Å². The van der Waals surface area contributed by atoms with E-state index in [9.17, 15) is 0 Å². The molecule has 0 radical (unpaired) electrons. The Morgan fingerprint density at radius 1 is 1.40 bits per heavy atom. The molecule has 0 spiro atoms. The molecule has 1 aromatic heterocycles. The molecule has 0 saturated heterocycles. The first-order valence-electron chi connectivity index (χ1n) is 4.72. The Morgan fingerprint density at radius 2 is 1.85 bits per heavy atom. The zero-order valence-electron chi connectivity index (χ0n) is 10.6. The summed E-state index contributed by atoms with van der Waals surface area (Å²) in [6.07, 6.45) is 1.67. The molecule has 0 aliphatic carbocycles. The average Bonchev–Trinajstić information content (AvgIpc) is 2.67. The van der Waals surface area contributed by atoms with Crippen LogP contribution in [-0.4, -0.2) is 23.3 Å². The van der Waals surface area contributed by atoms with Crippen LogP contribution in [0.2, 0.25) is 0 Å². The van der Waals surface area contributed by atoms with Crippen molar-refractivity contribution in [3.63, 3.8) is 0 Å². The van der Waals surface area contributed by atoms with Gasteiger partial charge in [0.1, 0.15) is 0 Å². The van der Waals surface area contributed by atoms with Crippen molar-refractivity contribution < 1.29 is 40.2 Å². The van der Waals surface area contributed by atoms with E-state index in [4.69, 9.17) is 25.5 Å². The van der Waals surface area contributed by atoms with E-state index in [1.165, 1.54) is 0 Å². The average molecular weight is 410 g/mol. The predicted octanol–water partition coefficient (Wildman–Crippen LogP) is -1.57. The van der Waals surface area contributed by atoms with Gasteiger partial charge in [-0.15, -0.1) is 11.3 Å². The van der Waals surface area contributed by atoms with Gasteiger partial charge in [0.2, 0.25) is 0 Å². The van der Waals surface area contributed by atoms with Crippen molar-refractivity contribution in [2.75, 3.05) is 0 Å². The first-order valence-corrected chi connectivity index (χ1v) is 6.01. The number of carbonyl (C=O) groups is 2. The second-order valence-electron chi connectivity index (χ2n) is 2.73. The third-order valence-electron chi connectivity index (χ3n) is 0.910. The van der Waals surface area contributed by atoms with Crippen molar-refractivity contribution in [2.24, 2.45) is 10.8 Å². The Hall–Kier alpha value is -1.34. The number of aliphatic carboxylic acids is 2. The Balaban J connectivity index is -0.000000272. The Kier molecular flexibility index (Phi) is 18.7. The van der Waals surface area contributed by atoms with Crippen molar-refractivity contribution >= 4 is 46.8 Å². The van der Waals surface area contributed by atoms with Crippen molar-refractivity contribution in [2.45, 2.75) is 13.8 Å². The summed E-state index contributed by atoms with van der Waals surface area (Å²) >= 11 is 6.15. The molecule has 0 aliphatic heterocycles. The van der Waals surface area contributed by atoms with Gasteiger partial charge in [0.05, 0.1) is 6.21 Å². The molecule has 0 unspecified atom stereocenters. The number of hydrogen-bond donors (Lipinski definition) is 2. The van der Waals surface area contributed by atoms with Crippen LogP contribution < -0.4 is 21.4 Å². The number of nitrogens with zero attached hydrogens (tertiary/aromatic N) is 1. The van der Waals surface area contributed by atoms with E-state index in [-0.39, 0.29) is 25.5 Å². The van der Waals surface area contributed by atoms with Gasteiger partial charge in [0, 0.05) is 16.8 Å². The number of carbonyl (C=O) groups excluding carboxylic acids is 2. The third kappa shape index (κ3) is 30.1. The maximum Gasteiger partial charge on any atom is 2.00 e. The van der Waals surface area contributed by atoms with E-state index >= 15 is 0 Å². The SMILES string of the molecule is CC(=O)[O-].CC(=O)[O-].NC(=S)N/N=C/c1cccs1.[Pd+2]. The van der Waals surface area contributed by atoms with Gasteiger partial charge in [-0.25, -0.2) is 0 Å². The van der Waals surface area contributed by atoms with Crippen molar-refractivity contribution in [3.05, 3.63) is 22.4 Å². The number of nitrogens with two attached hydrogens (primary N) is 1. The number of nitrogens with one attached hydrogen (secondary N) is 1. The Labute approximate surface area is 139 Å². The minimum Gasteiger partial charge on any atom is -0.550 e. The molecule has 0 fully saturated rings. The summed E-state index contributed by atoms with van der Waals surface area (Å²) in [7, 11) is 0. The molecule has 1 aromatic rings. The van der Waals surface area contributed by atoms with Crippen LogP contribution in [0.4, 0.5) is 0 Å². The molecule has 0 atom stereocenters. The van der Waals surface area contributed by atoms with E-state index in [0.29, 0.717) is 0 Å². The first-order chi connectivity index (χ1) is 8.75. The molecule has 0 amide bonds. The molecule has 3 N–H and O–H groups in total. The van der Waals surface area contributed by atoms with Gasteiger partial charge in [-0.05, 0) is 37.5 Å². The van der Waals surface area contributed by atoms with Crippen LogP contribution in [-0.2, 0) is 30.0 Å². The number of hydrogen-bond acceptors (Lipinski definition) is 7. The van der Waals surface area contributed by atoms with Gasteiger partial charge in [-0.3, -0.25) is 5.43 Å². The van der Waals surface area contributed by atoms with Gasteiger partial charge < -0.3 is 25.5 Å². The largest absolute Gasteiger partial charge is 2.00 e. The molecule has 0 aromatic carbocycles. The summed E-state index contributed by atoms with van der Waals surface area (Å²) in [4.78, 5) is 18.8. The van der Waals surface area contributed by atoms with E-state index in [1.54, 1.807) is 17.6 Å². The topological polar surface area (TPSA) is 131 Å². The number of carboxylic acids is 2. The molecule has 0 aliphatic rings. The standard InChI is InChI=1S/C6H7N3S2.2C2H4O2.Pd/c7-6(10)9-8-4-5-2-1-3-11-5;2*1-2(3)4;/h1-4H,(H3,7,9,10);2*1H3,(H,3,4);/q;;;+2/p-2/b8-4+;;;. The summed E-state index contributed by atoms with van der Waals surface area (Å²) in [6, 6.07) is 3.90. The van der Waals surface area contributed by atoms with Crippen LogP contribution in [0.25, 0.3) is 0 Å². The number of carboxylic acid groups (broad SMARTS) is 2. The molecule has 0 bridgehead atoms. The summed E-state index contributed by atoms with van der Waals surface area (Å²) in [5.41, 5.74) is 7.61. The van der Waals surface area contributed by atoms with Crippen molar-refractivity contribution in [3.8, 4) is 0 Å². The summed E-state index contributed by atoms with van der Waals surface area (Å²) in [5, 5.41) is 23.7. The minimum absolute atomic E-state index is 0. The van der Waals surface area contributed by atoms with Crippen LogP contribution in [0, 0.1) is 0 Å².